The lowest BCUT2D eigenvalue weighted by Crippen LogP contribution is -2.51. The zero-order chi connectivity index (χ0) is 31.9. The number of terminal acetylenes is 1. The number of hydrogen-bond donors (Lipinski definition) is 2. The van der Waals surface area contributed by atoms with E-state index in [1.54, 1.807) is 6.20 Å². The molecule has 5 aliphatic rings. The van der Waals surface area contributed by atoms with Crippen LogP contribution in [0, 0.1) is 41.2 Å². The van der Waals surface area contributed by atoms with Crippen molar-refractivity contribution in [1.29, 1.82) is 0 Å². The van der Waals surface area contributed by atoms with E-state index in [1.807, 2.05) is 0 Å². The Morgan fingerprint density at radius 1 is 1.02 bits per heavy atom. The number of likely N-dealkylation sites (tertiary alicyclic amines) is 1. The second-order valence-corrected chi connectivity index (χ2v) is 14.7. The Kier molecular flexibility index (Phi) is 6.81. The molecule has 4 bridgehead atoms. The third-order valence-electron chi connectivity index (χ3n) is 11.3. The highest BCUT2D eigenvalue weighted by atomic mass is 19.1. The number of piperazine rings is 1. The summed E-state index contributed by atoms with van der Waals surface area (Å²) < 4.78 is 38.1. The van der Waals surface area contributed by atoms with Gasteiger partial charge in [0, 0.05) is 67.4 Å². The van der Waals surface area contributed by atoms with E-state index in [4.69, 9.17) is 16.1 Å². The first-order valence-electron chi connectivity index (χ1n) is 17.0. The zero-order valence-corrected chi connectivity index (χ0v) is 26.3. The van der Waals surface area contributed by atoms with Crippen molar-refractivity contribution in [1.82, 2.24) is 25.2 Å². The van der Waals surface area contributed by atoms with Gasteiger partial charge in [-0.05, 0) is 80.4 Å². The maximum Gasteiger partial charge on any atom is 0.319 e. The molecule has 2 N–H and O–H groups in total. The summed E-state index contributed by atoms with van der Waals surface area (Å²) in [5, 5.41) is 15.5. The van der Waals surface area contributed by atoms with Crippen LogP contribution in [-0.2, 0) is 0 Å². The van der Waals surface area contributed by atoms with Crippen LogP contribution < -0.4 is 15.0 Å². The largest absolute Gasteiger partial charge is 0.508 e. The molecule has 4 atom stereocenters. The molecular weight excluding hydrogens is 598 g/mol. The molecule has 47 heavy (non-hydrogen) atoms. The van der Waals surface area contributed by atoms with Crippen LogP contribution in [0.3, 0.4) is 0 Å². The molecule has 0 spiro atoms. The highest BCUT2D eigenvalue weighted by Gasteiger charge is 2.47. The SMILES string of the molecule is C#Cc1c(F)ccc2cc(O)cc(-c3ncc4c(N5C[C@H]6CC[C@@H](C5)N6)nc(OCC5(CN6CC7CCC(C7)C6)CC5)nc4c3F)c12. The smallest absolute Gasteiger partial charge is 0.319 e. The van der Waals surface area contributed by atoms with Gasteiger partial charge >= 0.3 is 6.01 Å². The number of piperidine rings is 1. The summed E-state index contributed by atoms with van der Waals surface area (Å²) in [5.41, 5.74) is 0.256. The molecule has 242 valence electrons. The van der Waals surface area contributed by atoms with Crippen LogP contribution in [-0.4, -0.2) is 76.4 Å². The number of fused-ring (bicyclic) bond motifs is 6. The van der Waals surface area contributed by atoms with Gasteiger partial charge in [0.05, 0.1) is 17.6 Å². The van der Waals surface area contributed by atoms with Gasteiger partial charge in [-0.15, -0.1) is 6.42 Å². The molecule has 4 aromatic rings. The number of halogens is 2. The Balaban J connectivity index is 1.11. The molecule has 2 unspecified atom stereocenters. The van der Waals surface area contributed by atoms with Crippen LogP contribution in [0.5, 0.6) is 11.8 Å². The number of hydrogen-bond acceptors (Lipinski definition) is 8. The number of nitrogens with zero attached hydrogens (tertiary/aromatic N) is 5. The summed E-state index contributed by atoms with van der Waals surface area (Å²) in [7, 11) is 0. The Hall–Kier alpha value is -4.07. The molecular formula is C37H38F2N6O2. The number of anilines is 1. The van der Waals surface area contributed by atoms with Gasteiger partial charge in [-0.25, -0.2) is 8.78 Å². The molecule has 5 heterocycles. The van der Waals surface area contributed by atoms with Crippen LogP contribution in [0.25, 0.3) is 32.9 Å². The monoisotopic (exact) mass is 636 g/mol. The van der Waals surface area contributed by atoms with E-state index in [1.165, 1.54) is 56.6 Å². The normalized spacial score (nSPS) is 26.2. The fourth-order valence-electron chi connectivity index (χ4n) is 8.90. The molecule has 8 nitrogen and oxygen atoms in total. The third kappa shape index (κ3) is 5.15. The van der Waals surface area contributed by atoms with Crippen molar-refractivity contribution in [3.05, 3.63) is 47.7 Å². The number of benzene rings is 2. The first-order chi connectivity index (χ1) is 22.8. The maximum absolute atomic E-state index is 16.8. The van der Waals surface area contributed by atoms with Gasteiger partial charge in [0.1, 0.15) is 28.6 Å². The van der Waals surface area contributed by atoms with E-state index in [0.717, 1.165) is 57.2 Å². The predicted octanol–water partition coefficient (Wildman–Crippen LogP) is 5.64. The number of aromatic nitrogens is 3. The zero-order valence-electron chi connectivity index (χ0n) is 26.3. The fraction of sp³-hybridized carbons (Fsp3) is 0.486. The Labute approximate surface area is 272 Å². The second-order valence-electron chi connectivity index (χ2n) is 14.7. The van der Waals surface area contributed by atoms with E-state index < -0.39 is 11.6 Å². The van der Waals surface area contributed by atoms with Crippen LogP contribution >= 0.6 is 0 Å². The van der Waals surface area contributed by atoms with Gasteiger partial charge in [0.2, 0.25) is 0 Å². The van der Waals surface area contributed by atoms with Crippen molar-refractivity contribution in [2.24, 2.45) is 17.3 Å². The third-order valence-corrected chi connectivity index (χ3v) is 11.3. The summed E-state index contributed by atoms with van der Waals surface area (Å²) in [6.45, 7) is 5.34. The lowest BCUT2D eigenvalue weighted by molar-refractivity contribution is 0.110. The highest BCUT2D eigenvalue weighted by Crippen LogP contribution is 2.48. The maximum atomic E-state index is 16.8. The van der Waals surface area contributed by atoms with Gasteiger partial charge in [-0.1, -0.05) is 12.0 Å². The molecule has 2 aliphatic carbocycles. The van der Waals surface area contributed by atoms with Crippen LogP contribution in [0.15, 0.2) is 30.5 Å². The fourth-order valence-corrected chi connectivity index (χ4v) is 8.90. The minimum Gasteiger partial charge on any atom is -0.508 e. The van der Waals surface area contributed by atoms with E-state index in [0.29, 0.717) is 40.7 Å². The summed E-state index contributed by atoms with van der Waals surface area (Å²) in [5.74, 6) is 3.26. The van der Waals surface area contributed by atoms with E-state index in [2.05, 4.69) is 31.0 Å². The van der Waals surface area contributed by atoms with Crippen molar-refractivity contribution >= 4 is 27.5 Å². The van der Waals surface area contributed by atoms with Crippen LogP contribution in [0.4, 0.5) is 14.6 Å². The van der Waals surface area contributed by atoms with Crippen LogP contribution in [0.2, 0.25) is 0 Å². The molecule has 3 saturated heterocycles. The molecule has 2 saturated carbocycles. The molecule has 3 aliphatic heterocycles. The van der Waals surface area contributed by atoms with Crippen molar-refractivity contribution in [2.45, 2.75) is 57.0 Å². The van der Waals surface area contributed by atoms with E-state index in [9.17, 15) is 9.50 Å². The Morgan fingerprint density at radius 2 is 1.79 bits per heavy atom. The number of rotatable bonds is 7. The minimum atomic E-state index is -0.696. The van der Waals surface area contributed by atoms with Crippen molar-refractivity contribution in [2.75, 3.05) is 44.2 Å². The van der Waals surface area contributed by atoms with Crippen molar-refractivity contribution in [3.8, 4) is 35.4 Å². The van der Waals surface area contributed by atoms with Gasteiger partial charge in [0.25, 0.3) is 0 Å². The van der Waals surface area contributed by atoms with Crippen molar-refractivity contribution < 1.29 is 18.6 Å². The van der Waals surface area contributed by atoms with Gasteiger partial charge < -0.3 is 25.0 Å². The average molecular weight is 637 g/mol. The molecule has 0 amide bonds. The number of phenolic OH excluding ortho intramolecular Hbond substituents is 1. The lowest BCUT2D eigenvalue weighted by Gasteiger charge is -2.35. The first-order valence-corrected chi connectivity index (χ1v) is 17.0. The van der Waals surface area contributed by atoms with Gasteiger partial charge in [0.15, 0.2) is 5.82 Å². The summed E-state index contributed by atoms with van der Waals surface area (Å²) in [4.78, 5) is 18.9. The number of pyridine rings is 1. The Bertz CT molecular complexity index is 1930. The quantitative estimate of drug-likeness (QED) is 0.252. The minimum absolute atomic E-state index is 0.0149. The number of phenols is 1. The molecule has 2 aromatic heterocycles. The van der Waals surface area contributed by atoms with Gasteiger partial charge in [-0.2, -0.15) is 9.97 Å². The van der Waals surface area contributed by atoms with Crippen LogP contribution in [0.1, 0.15) is 50.5 Å². The average Bonchev–Trinajstić information content (AvgIpc) is 3.63. The number of ether oxygens (including phenoxy) is 1. The second kappa shape index (κ2) is 11.0. The molecule has 5 fully saturated rings. The highest BCUT2D eigenvalue weighted by molar-refractivity contribution is 6.03. The predicted molar refractivity (Wildman–Crippen MR) is 176 cm³/mol. The lowest BCUT2D eigenvalue weighted by atomic mass is 9.96. The topological polar surface area (TPSA) is 86.6 Å². The van der Waals surface area contributed by atoms with Crippen molar-refractivity contribution in [3.63, 3.8) is 0 Å². The first kappa shape index (κ1) is 29.1. The summed E-state index contributed by atoms with van der Waals surface area (Å²) >= 11 is 0. The number of aromatic hydroxyl groups is 1. The Morgan fingerprint density at radius 3 is 2.51 bits per heavy atom. The standard InChI is InChI=1S/C37H38F2N6O2/c1-2-27-30(38)8-5-23-12-26(46)13-28(31(23)27)33-32(39)34-29(14-40-33)35(45-17-24-6-7-25(18-45)41-24)43-36(42-34)47-20-37(9-10-37)19-44-15-21-3-4-22(11-21)16-44/h1,5,8,12-14,21-22,24-25,41,46H,3-4,6-7,9-11,15-20H2/t21?,22?,24-,25+. The molecule has 0 radical (unpaired) electrons. The van der Waals surface area contributed by atoms with E-state index in [-0.39, 0.29) is 39.5 Å². The van der Waals surface area contributed by atoms with E-state index >= 15 is 4.39 Å². The number of nitrogens with one attached hydrogen (secondary N) is 1. The summed E-state index contributed by atoms with van der Waals surface area (Å²) in [6.07, 6.45) is 15.7. The summed E-state index contributed by atoms with van der Waals surface area (Å²) in [6, 6.07) is 6.44. The molecule has 2 aromatic carbocycles. The molecule has 10 heteroatoms. The van der Waals surface area contributed by atoms with Gasteiger partial charge in [-0.3, -0.25) is 4.98 Å². The molecule has 9 rings (SSSR count).